The quantitative estimate of drug-likeness (QED) is 0.182. The Hall–Kier alpha value is -3.48. The van der Waals surface area contributed by atoms with Crippen LogP contribution in [0.2, 0.25) is 0 Å². The number of nitrogens with one attached hydrogen (secondary N) is 2. The van der Waals surface area contributed by atoms with Gasteiger partial charge in [-0.15, -0.1) is 0 Å². The Kier molecular flexibility index (Phi) is 7.00. The number of rotatable bonds is 7. The van der Waals surface area contributed by atoms with Crippen molar-refractivity contribution in [1.82, 2.24) is 9.97 Å². The minimum atomic E-state index is -0.0833. The van der Waals surface area contributed by atoms with E-state index < -0.39 is 0 Å². The molecule has 0 aliphatic carbocycles. The second-order valence-electron chi connectivity index (χ2n) is 9.75. The van der Waals surface area contributed by atoms with Crippen molar-refractivity contribution in [3.8, 4) is 11.5 Å². The highest BCUT2D eigenvalue weighted by molar-refractivity contribution is 9.13. The molecule has 0 saturated carbocycles. The molecule has 0 radical (unpaired) electrons. The maximum Gasteiger partial charge on any atom is 0.176 e. The van der Waals surface area contributed by atoms with Gasteiger partial charge in [-0.25, -0.2) is 0 Å². The standard InChI is InChI=1S/C33H28Br2N2O2/c1-19-28(22-13-7-9-15-25(22)36-19)30(29-20(2)37-26-16-10-8-14-23(26)29)24-17-27(38-3)33(32(35)31(24)34)39-18-21-11-5-4-6-12-21/h4-17,30,36-37H,18H2,1-3H3. The third-order valence-electron chi connectivity index (χ3n) is 7.38. The molecule has 0 amide bonds. The van der Waals surface area contributed by atoms with Crippen LogP contribution in [0.5, 0.6) is 11.5 Å². The minimum absolute atomic E-state index is 0.0833. The van der Waals surface area contributed by atoms with Crippen molar-refractivity contribution in [2.75, 3.05) is 7.11 Å². The first-order valence-corrected chi connectivity index (χ1v) is 14.4. The third kappa shape index (κ3) is 4.56. The number of H-pyrrole nitrogens is 2. The highest BCUT2D eigenvalue weighted by Crippen LogP contribution is 2.50. The van der Waals surface area contributed by atoms with Gasteiger partial charge in [-0.3, -0.25) is 0 Å². The number of aromatic amines is 2. The summed E-state index contributed by atoms with van der Waals surface area (Å²) in [5.41, 5.74) is 9.18. The van der Waals surface area contributed by atoms with Gasteiger partial charge in [0, 0.05) is 43.6 Å². The lowest BCUT2D eigenvalue weighted by Crippen LogP contribution is -2.09. The smallest absolute Gasteiger partial charge is 0.176 e. The average molecular weight is 644 g/mol. The van der Waals surface area contributed by atoms with Crippen molar-refractivity contribution in [3.63, 3.8) is 0 Å². The topological polar surface area (TPSA) is 50.0 Å². The van der Waals surface area contributed by atoms with E-state index in [1.165, 1.54) is 21.9 Å². The first kappa shape index (κ1) is 25.8. The Bertz CT molecular complexity index is 1720. The first-order chi connectivity index (χ1) is 19.0. The summed E-state index contributed by atoms with van der Waals surface area (Å²) in [6.45, 7) is 4.75. The van der Waals surface area contributed by atoms with Gasteiger partial charge in [-0.05, 0) is 86.2 Å². The van der Waals surface area contributed by atoms with Gasteiger partial charge >= 0.3 is 0 Å². The Morgan fingerprint density at radius 2 is 1.26 bits per heavy atom. The molecule has 0 fully saturated rings. The van der Waals surface area contributed by atoms with Crippen molar-refractivity contribution in [2.24, 2.45) is 0 Å². The summed E-state index contributed by atoms with van der Waals surface area (Å²) in [4.78, 5) is 7.25. The number of aryl methyl sites for hydroxylation is 2. The third-order valence-corrected chi connectivity index (χ3v) is 9.52. The van der Waals surface area contributed by atoms with Gasteiger partial charge in [0.1, 0.15) is 6.61 Å². The highest BCUT2D eigenvalue weighted by Gasteiger charge is 2.31. The molecule has 0 atom stereocenters. The number of halogens is 2. The summed E-state index contributed by atoms with van der Waals surface area (Å²) in [6.07, 6.45) is 0. The lowest BCUT2D eigenvalue weighted by atomic mass is 9.82. The second kappa shape index (κ2) is 10.6. The summed E-state index contributed by atoms with van der Waals surface area (Å²) in [5, 5.41) is 2.41. The monoisotopic (exact) mass is 642 g/mol. The lowest BCUT2D eigenvalue weighted by Gasteiger charge is -2.24. The van der Waals surface area contributed by atoms with Gasteiger partial charge < -0.3 is 19.4 Å². The molecule has 6 heteroatoms. The van der Waals surface area contributed by atoms with Crippen molar-refractivity contribution in [2.45, 2.75) is 26.4 Å². The van der Waals surface area contributed by atoms with Crippen molar-refractivity contribution >= 4 is 53.7 Å². The Morgan fingerprint density at radius 3 is 1.82 bits per heavy atom. The summed E-state index contributed by atoms with van der Waals surface area (Å²) in [5.74, 6) is 1.26. The molecule has 4 aromatic carbocycles. The molecular formula is C33H28Br2N2O2. The first-order valence-electron chi connectivity index (χ1n) is 12.8. The molecule has 0 spiro atoms. The molecule has 0 aliphatic heterocycles. The van der Waals surface area contributed by atoms with Gasteiger partial charge in [-0.2, -0.15) is 0 Å². The largest absolute Gasteiger partial charge is 0.493 e. The van der Waals surface area contributed by atoms with Crippen LogP contribution < -0.4 is 9.47 Å². The average Bonchev–Trinajstić information content (AvgIpc) is 3.46. The van der Waals surface area contributed by atoms with E-state index in [0.717, 1.165) is 42.5 Å². The van der Waals surface area contributed by atoms with E-state index >= 15 is 0 Å². The molecular weight excluding hydrogens is 616 g/mol. The van der Waals surface area contributed by atoms with Crippen molar-refractivity contribution < 1.29 is 9.47 Å². The maximum absolute atomic E-state index is 6.32. The van der Waals surface area contributed by atoms with E-state index in [0.29, 0.717) is 18.1 Å². The molecule has 2 heterocycles. The number of fused-ring (bicyclic) bond motifs is 2. The molecule has 4 nitrogen and oxygen atoms in total. The minimum Gasteiger partial charge on any atom is -0.493 e. The van der Waals surface area contributed by atoms with Crippen LogP contribution in [0.3, 0.4) is 0 Å². The Labute approximate surface area is 244 Å². The number of hydrogen-bond donors (Lipinski definition) is 2. The lowest BCUT2D eigenvalue weighted by molar-refractivity contribution is 0.282. The molecule has 2 N–H and O–H groups in total. The predicted molar refractivity (Wildman–Crippen MR) is 166 cm³/mol. The Balaban J connectivity index is 1.59. The van der Waals surface area contributed by atoms with Crippen LogP contribution in [-0.2, 0) is 6.61 Å². The zero-order chi connectivity index (χ0) is 27.1. The van der Waals surface area contributed by atoms with Crippen molar-refractivity contribution in [3.05, 3.63) is 128 Å². The van der Waals surface area contributed by atoms with Crippen LogP contribution in [0.4, 0.5) is 0 Å². The van der Waals surface area contributed by atoms with Crippen LogP contribution in [0.15, 0.2) is 93.9 Å². The number of hydrogen-bond acceptors (Lipinski definition) is 2. The van der Waals surface area contributed by atoms with E-state index in [1.54, 1.807) is 7.11 Å². The zero-order valence-corrected chi connectivity index (χ0v) is 25.1. The van der Waals surface area contributed by atoms with Crippen molar-refractivity contribution in [1.29, 1.82) is 0 Å². The molecule has 6 aromatic rings. The van der Waals surface area contributed by atoms with Gasteiger partial charge in [-0.1, -0.05) is 66.7 Å². The fraction of sp³-hybridized carbons (Fsp3) is 0.152. The van der Waals surface area contributed by atoms with Crippen LogP contribution in [0, 0.1) is 13.8 Å². The predicted octanol–water partition coefficient (Wildman–Crippen LogP) is 9.56. The molecule has 2 aromatic heterocycles. The molecule has 0 bridgehead atoms. The molecule has 0 unspecified atom stereocenters. The van der Waals surface area contributed by atoms with E-state index in [1.807, 2.05) is 18.2 Å². The van der Waals surface area contributed by atoms with Gasteiger partial charge in [0.2, 0.25) is 0 Å². The fourth-order valence-electron chi connectivity index (χ4n) is 5.63. The summed E-state index contributed by atoms with van der Waals surface area (Å²) < 4.78 is 14.0. The van der Waals surface area contributed by atoms with Crippen LogP contribution in [-0.4, -0.2) is 17.1 Å². The summed E-state index contributed by atoms with van der Waals surface area (Å²) >= 11 is 7.83. The van der Waals surface area contributed by atoms with E-state index in [9.17, 15) is 0 Å². The highest BCUT2D eigenvalue weighted by atomic mass is 79.9. The van der Waals surface area contributed by atoms with E-state index in [4.69, 9.17) is 9.47 Å². The van der Waals surface area contributed by atoms with Gasteiger partial charge in [0.25, 0.3) is 0 Å². The normalized spacial score (nSPS) is 11.5. The summed E-state index contributed by atoms with van der Waals surface area (Å²) in [6, 6.07) is 29.3. The SMILES string of the molecule is COc1cc(C(c2c(C)[nH]c3ccccc23)c2c(C)[nH]c3ccccc23)c(Br)c(Br)c1OCc1ccccc1. The van der Waals surface area contributed by atoms with E-state index in [-0.39, 0.29) is 5.92 Å². The van der Waals surface area contributed by atoms with Gasteiger partial charge in [0.15, 0.2) is 11.5 Å². The number of methoxy groups -OCH3 is 1. The number of aromatic nitrogens is 2. The fourth-order valence-corrected chi connectivity index (χ4v) is 6.69. The maximum atomic E-state index is 6.32. The molecule has 0 aliphatic rings. The van der Waals surface area contributed by atoms with Crippen LogP contribution in [0.25, 0.3) is 21.8 Å². The number of benzene rings is 4. The summed E-state index contributed by atoms with van der Waals surface area (Å²) in [7, 11) is 1.69. The van der Waals surface area contributed by atoms with E-state index in [2.05, 4.69) is 122 Å². The second-order valence-corrected chi connectivity index (χ2v) is 11.3. The molecule has 6 rings (SSSR count). The van der Waals surface area contributed by atoms with Crippen LogP contribution in [0.1, 0.15) is 39.6 Å². The number of ether oxygens (including phenoxy) is 2. The number of para-hydroxylation sites is 2. The van der Waals surface area contributed by atoms with Gasteiger partial charge in [0.05, 0.1) is 11.6 Å². The Morgan fingerprint density at radius 1 is 0.718 bits per heavy atom. The molecule has 39 heavy (non-hydrogen) atoms. The van der Waals surface area contributed by atoms with Crippen LogP contribution >= 0.6 is 31.9 Å². The molecule has 0 saturated heterocycles. The zero-order valence-electron chi connectivity index (χ0n) is 21.9. The molecule has 196 valence electrons.